The Bertz CT molecular complexity index is 401. The molecule has 0 aromatic carbocycles. The molecule has 15 heavy (non-hydrogen) atoms. The lowest BCUT2D eigenvalue weighted by Crippen LogP contribution is -2.08. The first-order valence-corrected chi connectivity index (χ1v) is 5.21. The van der Waals surface area contributed by atoms with Crippen LogP contribution in [0.3, 0.4) is 0 Å². The Morgan fingerprint density at radius 2 is 2.27 bits per heavy atom. The molecule has 0 aliphatic rings. The molecule has 0 amide bonds. The standard InChI is InChI=1S/C9H8F2IN3/c10-9(11)6-3-5(1-2-13)8(12)7(4-14)15-6/h3,9H,1,4,14H2. The largest absolute Gasteiger partial charge is 0.325 e. The molecule has 0 spiro atoms. The number of aromatic nitrogens is 1. The van der Waals surface area contributed by atoms with E-state index >= 15 is 0 Å². The monoisotopic (exact) mass is 323 g/mol. The Balaban J connectivity index is 3.26. The van der Waals surface area contributed by atoms with Crippen LogP contribution in [0.15, 0.2) is 6.07 Å². The van der Waals surface area contributed by atoms with Gasteiger partial charge in [0.05, 0.1) is 18.2 Å². The number of hydrogen-bond acceptors (Lipinski definition) is 3. The van der Waals surface area contributed by atoms with E-state index in [1.165, 1.54) is 6.07 Å². The summed E-state index contributed by atoms with van der Waals surface area (Å²) >= 11 is 1.97. The summed E-state index contributed by atoms with van der Waals surface area (Å²) in [6, 6.07) is 3.18. The molecule has 0 aliphatic heterocycles. The van der Waals surface area contributed by atoms with E-state index in [-0.39, 0.29) is 18.7 Å². The summed E-state index contributed by atoms with van der Waals surface area (Å²) in [5.41, 5.74) is 6.05. The third-order valence-corrected chi connectivity index (χ3v) is 3.12. The molecule has 0 radical (unpaired) electrons. The highest BCUT2D eigenvalue weighted by Crippen LogP contribution is 2.23. The number of pyridine rings is 1. The molecule has 80 valence electrons. The molecule has 0 fully saturated rings. The van der Waals surface area contributed by atoms with Gasteiger partial charge in [-0.15, -0.1) is 0 Å². The van der Waals surface area contributed by atoms with Crippen molar-refractivity contribution in [1.82, 2.24) is 4.98 Å². The first kappa shape index (κ1) is 12.3. The van der Waals surface area contributed by atoms with E-state index in [0.29, 0.717) is 14.8 Å². The highest BCUT2D eigenvalue weighted by molar-refractivity contribution is 14.1. The average molecular weight is 323 g/mol. The Labute approximate surface area is 99.4 Å². The van der Waals surface area contributed by atoms with Gasteiger partial charge in [-0.3, -0.25) is 0 Å². The molecular weight excluding hydrogens is 315 g/mol. The molecule has 1 heterocycles. The molecule has 0 saturated carbocycles. The van der Waals surface area contributed by atoms with E-state index in [0.717, 1.165) is 0 Å². The highest BCUT2D eigenvalue weighted by atomic mass is 127. The predicted octanol–water partition coefficient (Wildman–Crippen LogP) is 2.15. The summed E-state index contributed by atoms with van der Waals surface area (Å²) in [6.07, 6.45) is -2.54. The normalized spacial score (nSPS) is 10.4. The molecule has 1 aromatic heterocycles. The molecular formula is C9H8F2IN3. The summed E-state index contributed by atoms with van der Waals surface area (Å²) < 4.78 is 25.6. The van der Waals surface area contributed by atoms with Crippen molar-refractivity contribution in [3.05, 3.63) is 26.6 Å². The van der Waals surface area contributed by atoms with Crippen LogP contribution in [0.5, 0.6) is 0 Å². The highest BCUT2D eigenvalue weighted by Gasteiger charge is 2.15. The lowest BCUT2D eigenvalue weighted by Gasteiger charge is -2.08. The fourth-order valence-corrected chi connectivity index (χ4v) is 1.81. The van der Waals surface area contributed by atoms with E-state index in [9.17, 15) is 8.78 Å². The van der Waals surface area contributed by atoms with Crippen molar-refractivity contribution < 1.29 is 8.78 Å². The van der Waals surface area contributed by atoms with Crippen molar-refractivity contribution in [2.24, 2.45) is 5.73 Å². The minimum absolute atomic E-state index is 0.0908. The smallest absolute Gasteiger partial charge is 0.280 e. The van der Waals surface area contributed by atoms with E-state index in [1.54, 1.807) is 0 Å². The predicted molar refractivity (Wildman–Crippen MR) is 59.1 cm³/mol. The SMILES string of the molecule is N#CCc1cc(C(F)F)nc(CN)c1I. The van der Waals surface area contributed by atoms with Crippen molar-refractivity contribution in [2.75, 3.05) is 0 Å². The molecule has 0 unspecified atom stereocenters. The van der Waals surface area contributed by atoms with Gasteiger partial charge in [-0.2, -0.15) is 5.26 Å². The molecule has 2 N–H and O–H groups in total. The summed E-state index contributed by atoms with van der Waals surface area (Å²) in [4.78, 5) is 3.74. The second-order valence-electron chi connectivity index (χ2n) is 2.81. The maximum absolute atomic E-state index is 12.4. The van der Waals surface area contributed by atoms with Crippen LogP contribution >= 0.6 is 22.6 Å². The van der Waals surface area contributed by atoms with Crippen molar-refractivity contribution in [3.8, 4) is 6.07 Å². The van der Waals surface area contributed by atoms with Crippen LogP contribution in [0.25, 0.3) is 0 Å². The molecule has 0 saturated heterocycles. The number of alkyl halides is 2. The van der Waals surface area contributed by atoms with Gasteiger partial charge < -0.3 is 5.73 Å². The molecule has 0 aliphatic carbocycles. The van der Waals surface area contributed by atoms with Crippen molar-refractivity contribution >= 4 is 22.6 Å². The Morgan fingerprint density at radius 1 is 1.60 bits per heavy atom. The second kappa shape index (κ2) is 5.32. The maximum atomic E-state index is 12.4. The van der Waals surface area contributed by atoms with E-state index in [4.69, 9.17) is 11.0 Å². The van der Waals surface area contributed by atoms with Gasteiger partial charge in [0, 0.05) is 10.1 Å². The molecule has 3 nitrogen and oxygen atoms in total. The third-order valence-electron chi connectivity index (χ3n) is 1.81. The zero-order chi connectivity index (χ0) is 11.4. The number of nitrogens with zero attached hydrogens (tertiary/aromatic N) is 2. The van der Waals surface area contributed by atoms with E-state index in [1.807, 2.05) is 28.7 Å². The first-order valence-electron chi connectivity index (χ1n) is 4.13. The van der Waals surface area contributed by atoms with Gasteiger partial charge in [0.1, 0.15) is 5.69 Å². The van der Waals surface area contributed by atoms with Crippen LogP contribution in [-0.2, 0) is 13.0 Å². The number of hydrogen-bond donors (Lipinski definition) is 1. The van der Waals surface area contributed by atoms with Gasteiger partial charge in [-0.25, -0.2) is 13.8 Å². The Morgan fingerprint density at radius 3 is 2.73 bits per heavy atom. The van der Waals surface area contributed by atoms with Gasteiger partial charge in [-0.1, -0.05) is 0 Å². The number of nitriles is 1. The van der Waals surface area contributed by atoms with E-state index < -0.39 is 6.43 Å². The Kier molecular flexibility index (Phi) is 4.35. The maximum Gasteiger partial charge on any atom is 0.280 e. The van der Waals surface area contributed by atoms with Gasteiger partial charge in [0.25, 0.3) is 6.43 Å². The molecule has 1 rings (SSSR count). The van der Waals surface area contributed by atoms with Gasteiger partial charge in [-0.05, 0) is 34.2 Å². The van der Waals surface area contributed by atoms with Gasteiger partial charge in [0.15, 0.2) is 0 Å². The first-order chi connectivity index (χ1) is 7.10. The van der Waals surface area contributed by atoms with Crippen LogP contribution in [0.1, 0.15) is 23.4 Å². The van der Waals surface area contributed by atoms with Crippen LogP contribution in [-0.4, -0.2) is 4.98 Å². The zero-order valence-electron chi connectivity index (χ0n) is 7.67. The quantitative estimate of drug-likeness (QED) is 0.867. The molecule has 6 heteroatoms. The van der Waals surface area contributed by atoms with Gasteiger partial charge in [0.2, 0.25) is 0 Å². The van der Waals surface area contributed by atoms with Crippen LogP contribution in [0.4, 0.5) is 8.78 Å². The minimum Gasteiger partial charge on any atom is -0.325 e. The Hall–Kier alpha value is -0.810. The number of rotatable bonds is 3. The van der Waals surface area contributed by atoms with E-state index in [2.05, 4.69) is 4.98 Å². The van der Waals surface area contributed by atoms with Crippen LogP contribution in [0, 0.1) is 14.9 Å². The van der Waals surface area contributed by atoms with Crippen LogP contribution < -0.4 is 5.73 Å². The van der Waals surface area contributed by atoms with Crippen molar-refractivity contribution in [3.63, 3.8) is 0 Å². The van der Waals surface area contributed by atoms with Crippen LogP contribution in [0.2, 0.25) is 0 Å². The molecule has 1 aromatic rings. The summed E-state index contributed by atoms with van der Waals surface area (Å²) in [6.45, 7) is 0.0945. The van der Waals surface area contributed by atoms with Crippen molar-refractivity contribution in [2.45, 2.75) is 19.4 Å². The molecule has 0 atom stereocenters. The van der Waals surface area contributed by atoms with Crippen molar-refractivity contribution in [1.29, 1.82) is 5.26 Å². The fraction of sp³-hybridized carbons (Fsp3) is 0.333. The number of halogens is 3. The third kappa shape index (κ3) is 2.82. The summed E-state index contributed by atoms with van der Waals surface area (Å²) in [5, 5.41) is 8.54. The number of nitrogens with two attached hydrogens (primary N) is 1. The fourth-order valence-electron chi connectivity index (χ4n) is 1.13. The molecule has 0 bridgehead atoms. The second-order valence-corrected chi connectivity index (χ2v) is 3.89. The topological polar surface area (TPSA) is 62.7 Å². The lowest BCUT2D eigenvalue weighted by atomic mass is 10.1. The zero-order valence-corrected chi connectivity index (χ0v) is 9.83. The average Bonchev–Trinajstić information content (AvgIpc) is 2.21. The summed E-state index contributed by atoms with van der Waals surface area (Å²) in [5.74, 6) is 0. The lowest BCUT2D eigenvalue weighted by molar-refractivity contribution is 0.145. The minimum atomic E-state index is -2.63. The van der Waals surface area contributed by atoms with Gasteiger partial charge >= 0.3 is 0 Å². The summed E-state index contributed by atoms with van der Waals surface area (Å²) in [7, 11) is 0.